The van der Waals surface area contributed by atoms with Crippen molar-refractivity contribution < 1.29 is 27.2 Å². The maximum Gasteiger partial charge on any atom is 0.417 e. The van der Waals surface area contributed by atoms with E-state index in [1.807, 2.05) is 17.0 Å². The van der Waals surface area contributed by atoms with E-state index in [1.54, 1.807) is 14.2 Å². The summed E-state index contributed by atoms with van der Waals surface area (Å²) in [4.78, 5) is 13.1. The number of methoxy groups -OCH3 is 2. The van der Waals surface area contributed by atoms with Crippen molar-refractivity contribution in [1.29, 1.82) is 0 Å². The minimum absolute atomic E-state index is 0.303. The summed E-state index contributed by atoms with van der Waals surface area (Å²) in [7, 11) is 3.26. The molecule has 12 heteroatoms. The molecule has 2 fully saturated rings. The van der Waals surface area contributed by atoms with Crippen LogP contribution >= 0.6 is 0 Å². The standard InChI is InChI=1S/C28H35F3N6O3/c1-38-22-7-5-20(17-23(22)39-2)27(9-3-4-10-27)26-34-25(40-35-26)19-32-11-12-36-13-15-37(16-14-36)24-8-6-21(18-33-24)28(29,30)31/h5-8,17-18,32H,3-4,9-16,19H2,1-2H3. The number of ether oxygens (including phenoxy) is 2. The number of alkyl halides is 3. The monoisotopic (exact) mass is 560 g/mol. The lowest BCUT2D eigenvalue weighted by Gasteiger charge is -2.35. The van der Waals surface area contributed by atoms with E-state index < -0.39 is 11.7 Å². The first-order chi connectivity index (χ1) is 19.3. The molecule has 2 aliphatic rings. The molecule has 40 heavy (non-hydrogen) atoms. The molecule has 1 saturated carbocycles. The summed E-state index contributed by atoms with van der Waals surface area (Å²) in [6.07, 6.45) is 0.614. The van der Waals surface area contributed by atoms with Gasteiger partial charge in [-0.1, -0.05) is 24.1 Å². The Kier molecular flexibility index (Phi) is 8.46. The van der Waals surface area contributed by atoms with Gasteiger partial charge in [-0.05, 0) is 42.7 Å². The van der Waals surface area contributed by atoms with E-state index >= 15 is 0 Å². The van der Waals surface area contributed by atoms with Crippen LogP contribution in [0.25, 0.3) is 0 Å². The third kappa shape index (κ3) is 6.02. The predicted octanol–water partition coefficient (Wildman–Crippen LogP) is 4.27. The van der Waals surface area contributed by atoms with E-state index in [9.17, 15) is 13.2 Å². The van der Waals surface area contributed by atoms with Gasteiger partial charge in [0.2, 0.25) is 5.89 Å². The lowest BCUT2D eigenvalue weighted by molar-refractivity contribution is -0.137. The predicted molar refractivity (Wildman–Crippen MR) is 143 cm³/mol. The highest BCUT2D eigenvalue weighted by Gasteiger charge is 2.42. The average molecular weight is 561 g/mol. The Morgan fingerprint density at radius 1 is 1.00 bits per heavy atom. The van der Waals surface area contributed by atoms with Crippen LogP contribution in [0.1, 0.15) is 48.5 Å². The van der Waals surface area contributed by atoms with E-state index in [4.69, 9.17) is 19.0 Å². The van der Waals surface area contributed by atoms with E-state index in [1.165, 1.54) is 6.07 Å². The summed E-state index contributed by atoms with van der Waals surface area (Å²) >= 11 is 0. The maximum atomic E-state index is 12.8. The Balaban J connectivity index is 1.11. The summed E-state index contributed by atoms with van der Waals surface area (Å²) in [5.41, 5.74) is 0.0744. The highest BCUT2D eigenvalue weighted by Crippen LogP contribution is 2.47. The third-order valence-electron chi connectivity index (χ3n) is 7.94. The highest BCUT2D eigenvalue weighted by molar-refractivity contribution is 5.47. The van der Waals surface area contributed by atoms with Crippen molar-refractivity contribution in [3.63, 3.8) is 0 Å². The van der Waals surface area contributed by atoms with Crippen molar-refractivity contribution in [2.75, 3.05) is 58.4 Å². The molecule has 1 aromatic carbocycles. The average Bonchev–Trinajstić information content (AvgIpc) is 3.66. The second-order valence-electron chi connectivity index (χ2n) is 10.3. The maximum absolute atomic E-state index is 12.8. The van der Waals surface area contributed by atoms with Gasteiger partial charge < -0.3 is 24.2 Å². The molecular formula is C28H35F3N6O3. The lowest BCUT2D eigenvalue weighted by Crippen LogP contribution is -2.48. The first-order valence-corrected chi connectivity index (χ1v) is 13.6. The number of anilines is 1. The zero-order chi connectivity index (χ0) is 28.2. The van der Waals surface area contributed by atoms with Gasteiger partial charge in [-0.3, -0.25) is 4.90 Å². The number of hydrogen-bond acceptors (Lipinski definition) is 9. The molecule has 3 aromatic rings. The summed E-state index contributed by atoms with van der Waals surface area (Å²) in [5.74, 6) is 3.22. The topological polar surface area (TPSA) is 88.8 Å². The number of pyridine rings is 1. The molecule has 2 aromatic heterocycles. The van der Waals surface area contributed by atoms with Crippen LogP contribution in [0.3, 0.4) is 0 Å². The van der Waals surface area contributed by atoms with Crippen LogP contribution in [0, 0.1) is 0 Å². The van der Waals surface area contributed by atoms with Crippen LogP contribution in [0.4, 0.5) is 19.0 Å². The summed E-state index contributed by atoms with van der Waals surface area (Å²) in [6.45, 7) is 5.10. The number of aromatic nitrogens is 3. The zero-order valence-electron chi connectivity index (χ0n) is 22.8. The second kappa shape index (κ2) is 12.0. The molecule has 0 unspecified atom stereocenters. The molecule has 5 rings (SSSR count). The quantitative estimate of drug-likeness (QED) is 0.365. The van der Waals surface area contributed by atoms with Gasteiger partial charge in [0, 0.05) is 45.5 Å². The normalized spacial score (nSPS) is 17.8. The van der Waals surface area contributed by atoms with Crippen LogP contribution in [-0.4, -0.2) is 73.5 Å². The number of piperazine rings is 1. The van der Waals surface area contributed by atoms with Crippen molar-refractivity contribution >= 4 is 5.82 Å². The summed E-state index contributed by atoms with van der Waals surface area (Å²) in [6, 6.07) is 8.54. The summed E-state index contributed by atoms with van der Waals surface area (Å²) < 4.78 is 54.9. The van der Waals surface area contributed by atoms with Crippen molar-refractivity contribution in [3.05, 3.63) is 59.4 Å². The largest absolute Gasteiger partial charge is 0.493 e. The Hall–Kier alpha value is -3.38. The van der Waals surface area contributed by atoms with Gasteiger partial charge in [-0.2, -0.15) is 18.2 Å². The van der Waals surface area contributed by atoms with Gasteiger partial charge in [-0.25, -0.2) is 4.98 Å². The lowest BCUT2D eigenvalue weighted by atomic mass is 9.78. The molecule has 0 bridgehead atoms. The fourth-order valence-electron chi connectivity index (χ4n) is 5.65. The van der Waals surface area contributed by atoms with Crippen LogP contribution in [0.5, 0.6) is 11.5 Å². The number of nitrogens with zero attached hydrogens (tertiary/aromatic N) is 5. The van der Waals surface area contributed by atoms with E-state index in [0.29, 0.717) is 48.7 Å². The van der Waals surface area contributed by atoms with Gasteiger partial charge >= 0.3 is 6.18 Å². The first-order valence-electron chi connectivity index (χ1n) is 13.6. The SMILES string of the molecule is COc1ccc(C2(c3noc(CNCCN4CCN(c5ccc(C(F)(F)F)cn5)CC4)n3)CCCC2)cc1OC. The highest BCUT2D eigenvalue weighted by atomic mass is 19.4. The van der Waals surface area contributed by atoms with E-state index in [-0.39, 0.29) is 5.41 Å². The number of nitrogens with one attached hydrogen (secondary N) is 1. The molecule has 1 N–H and O–H groups in total. The fourth-order valence-corrected chi connectivity index (χ4v) is 5.65. The van der Waals surface area contributed by atoms with Crippen LogP contribution < -0.4 is 19.7 Å². The number of hydrogen-bond donors (Lipinski definition) is 1. The zero-order valence-corrected chi connectivity index (χ0v) is 22.8. The van der Waals surface area contributed by atoms with Crippen molar-refractivity contribution in [3.8, 4) is 11.5 Å². The molecule has 3 heterocycles. The number of benzene rings is 1. The molecule has 1 aliphatic carbocycles. The smallest absolute Gasteiger partial charge is 0.417 e. The number of halogens is 3. The van der Waals surface area contributed by atoms with Crippen LogP contribution in [0.15, 0.2) is 41.1 Å². The van der Waals surface area contributed by atoms with Gasteiger partial charge in [0.05, 0.1) is 31.7 Å². The van der Waals surface area contributed by atoms with Crippen molar-refractivity contribution in [2.24, 2.45) is 0 Å². The van der Waals surface area contributed by atoms with Gasteiger partial charge in [0.25, 0.3) is 0 Å². The molecular weight excluding hydrogens is 525 g/mol. The van der Waals surface area contributed by atoms with Crippen molar-refractivity contribution in [2.45, 2.75) is 43.8 Å². The molecule has 0 radical (unpaired) electrons. The molecule has 9 nitrogen and oxygen atoms in total. The second-order valence-corrected chi connectivity index (χ2v) is 10.3. The van der Waals surface area contributed by atoms with Gasteiger partial charge in [-0.15, -0.1) is 0 Å². The minimum Gasteiger partial charge on any atom is -0.493 e. The molecule has 216 valence electrons. The molecule has 0 amide bonds. The first kappa shape index (κ1) is 28.2. The van der Waals surface area contributed by atoms with Gasteiger partial charge in [0.1, 0.15) is 5.82 Å². The molecule has 0 spiro atoms. The van der Waals surface area contributed by atoms with E-state index in [0.717, 1.165) is 69.7 Å². The van der Waals surface area contributed by atoms with Crippen LogP contribution in [-0.2, 0) is 18.1 Å². The Morgan fingerprint density at radius 3 is 2.40 bits per heavy atom. The summed E-state index contributed by atoms with van der Waals surface area (Å²) in [5, 5.41) is 7.78. The van der Waals surface area contributed by atoms with E-state index in [2.05, 4.69) is 26.4 Å². The Bertz CT molecular complexity index is 1250. The van der Waals surface area contributed by atoms with Crippen LogP contribution in [0.2, 0.25) is 0 Å². The molecule has 1 aliphatic heterocycles. The van der Waals surface area contributed by atoms with Gasteiger partial charge in [0.15, 0.2) is 17.3 Å². The Labute approximate surface area is 231 Å². The third-order valence-corrected chi connectivity index (χ3v) is 7.94. The molecule has 0 atom stereocenters. The minimum atomic E-state index is -4.37. The fraction of sp³-hybridized carbons (Fsp3) is 0.536. The molecule has 1 saturated heterocycles. The number of rotatable bonds is 10. The Morgan fingerprint density at radius 2 is 1.75 bits per heavy atom. The van der Waals surface area contributed by atoms with Crippen molar-refractivity contribution in [1.82, 2.24) is 25.3 Å².